The molecule has 0 N–H and O–H groups in total. The maximum atomic E-state index is 12.9. The van der Waals surface area contributed by atoms with E-state index in [0.29, 0.717) is 23.8 Å². The Kier molecular flexibility index (Phi) is 4.55. The number of ether oxygens (including phenoxy) is 1. The summed E-state index contributed by atoms with van der Waals surface area (Å²) in [7, 11) is -1.93. The summed E-state index contributed by atoms with van der Waals surface area (Å²) in [6, 6.07) is 14.5. The van der Waals surface area contributed by atoms with Crippen LogP contribution >= 0.6 is 0 Å². The average Bonchev–Trinajstić information content (AvgIpc) is 3.11. The lowest BCUT2D eigenvalue weighted by Gasteiger charge is -2.30. The third-order valence-corrected chi connectivity index (χ3v) is 6.58. The summed E-state index contributed by atoms with van der Waals surface area (Å²) in [5.74, 6) is 2.15. The zero-order chi connectivity index (χ0) is 19.0. The van der Waals surface area contributed by atoms with E-state index in [0.717, 1.165) is 22.7 Å². The van der Waals surface area contributed by atoms with Gasteiger partial charge in [0.15, 0.2) is 26.9 Å². The van der Waals surface area contributed by atoms with Crippen molar-refractivity contribution in [2.45, 2.75) is 24.9 Å². The highest BCUT2D eigenvalue weighted by Gasteiger charge is 2.35. The largest absolute Gasteiger partial charge is 0.593 e. The van der Waals surface area contributed by atoms with Gasteiger partial charge in [-0.15, -0.1) is 14.5 Å². The van der Waals surface area contributed by atoms with Gasteiger partial charge in [0, 0.05) is 12.1 Å². The maximum Gasteiger partial charge on any atom is 0.175 e. The predicted molar refractivity (Wildman–Crippen MR) is 101 cm³/mol. The molecular weight excluding hydrogens is 364 g/mol. The molecule has 1 unspecified atom stereocenters. The van der Waals surface area contributed by atoms with Crippen molar-refractivity contribution in [2.24, 2.45) is 0 Å². The van der Waals surface area contributed by atoms with Crippen LogP contribution in [0.25, 0.3) is 11.4 Å². The van der Waals surface area contributed by atoms with Gasteiger partial charge in [0.25, 0.3) is 0 Å². The minimum atomic E-state index is -3.55. The fourth-order valence-electron chi connectivity index (χ4n) is 3.15. The molecule has 2 heterocycles. The number of aromatic nitrogens is 3. The smallest absolute Gasteiger partial charge is 0.175 e. The third kappa shape index (κ3) is 3.27. The summed E-state index contributed by atoms with van der Waals surface area (Å²) in [6.45, 7) is 3.03. The molecule has 1 atom stereocenters. The van der Waals surface area contributed by atoms with Gasteiger partial charge < -0.3 is 13.9 Å². The van der Waals surface area contributed by atoms with E-state index in [1.165, 1.54) is 4.31 Å². The van der Waals surface area contributed by atoms with Crippen LogP contribution < -0.4 is 4.74 Å². The summed E-state index contributed by atoms with van der Waals surface area (Å²) in [5, 5.41) is 8.50. The number of sulfonamides is 1. The Morgan fingerprint density at radius 3 is 2.41 bits per heavy atom. The predicted octanol–water partition coefficient (Wildman–Crippen LogP) is 2.68. The number of benzene rings is 2. The second kappa shape index (κ2) is 6.88. The zero-order valence-electron chi connectivity index (χ0n) is 15.2. The SMILES string of the molecule is COc1ccc(-c2nnc3n2CCN([S+](=O)([O-])c2ccc(C)cc2)C3)cc1. The van der Waals surface area contributed by atoms with E-state index in [-0.39, 0.29) is 6.54 Å². The molecule has 1 aliphatic heterocycles. The molecule has 1 aromatic heterocycles. The molecule has 4 rings (SSSR count). The molecule has 0 aliphatic carbocycles. The highest BCUT2D eigenvalue weighted by Crippen LogP contribution is 2.28. The number of methoxy groups -OCH3 is 1. The molecule has 0 fully saturated rings. The molecule has 0 saturated carbocycles. The molecule has 0 radical (unpaired) electrons. The number of hydrogen-bond acceptors (Lipinski definition) is 5. The van der Waals surface area contributed by atoms with E-state index in [1.54, 1.807) is 31.4 Å². The molecule has 0 saturated heterocycles. The molecule has 0 bridgehead atoms. The van der Waals surface area contributed by atoms with Crippen molar-refractivity contribution >= 4 is 10.4 Å². The minimum Gasteiger partial charge on any atom is -0.593 e. The lowest BCUT2D eigenvalue weighted by Crippen LogP contribution is -2.42. The third-order valence-electron chi connectivity index (χ3n) is 4.73. The van der Waals surface area contributed by atoms with Crippen LogP contribution in [0.1, 0.15) is 11.4 Å². The van der Waals surface area contributed by atoms with E-state index in [1.807, 2.05) is 35.8 Å². The number of hydrogen-bond donors (Lipinski definition) is 0. The molecule has 2 aromatic carbocycles. The minimum absolute atomic E-state index is 0.208. The van der Waals surface area contributed by atoms with E-state index in [2.05, 4.69) is 10.2 Å². The Morgan fingerprint density at radius 2 is 1.74 bits per heavy atom. The van der Waals surface area contributed by atoms with Gasteiger partial charge in [0.2, 0.25) is 0 Å². The Labute approximate surface area is 159 Å². The fourth-order valence-corrected chi connectivity index (χ4v) is 4.54. The summed E-state index contributed by atoms with van der Waals surface area (Å²) >= 11 is 0. The fraction of sp³-hybridized carbons (Fsp3) is 0.263. The van der Waals surface area contributed by atoms with Crippen LogP contribution in [0, 0.1) is 6.92 Å². The van der Waals surface area contributed by atoms with Gasteiger partial charge in [-0.25, -0.2) is 0 Å². The molecule has 140 valence electrons. The second-order valence-corrected chi connectivity index (χ2v) is 8.41. The van der Waals surface area contributed by atoms with Crippen LogP contribution in [-0.4, -0.2) is 37.3 Å². The molecular formula is C19H20N4O3S. The number of fused-ring (bicyclic) bond motifs is 1. The van der Waals surface area contributed by atoms with E-state index < -0.39 is 10.4 Å². The Balaban J connectivity index is 1.60. The normalized spacial score (nSPS) is 16.6. The summed E-state index contributed by atoms with van der Waals surface area (Å²) in [4.78, 5) is 0.302. The molecule has 27 heavy (non-hydrogen) atoms. The van der Waals surface area contributed by atoms with Gasteiger partial charge in [-0.3, -0.25) is 0 Å². The van der Waals surface area contributed by atoms with Gasteiger partial charge in [-0.1, -0.05) is 21.9 Å². The topological polar surface area (TPSA) is 83.3 Å². The molecule has 0 amide bonds. The highest BCUT2D eigenvalue weighted by molar-refractivity contribution is 7.95. The van der Waals surface area contributed by atoms with E-state index in [9.17, 15) is 8.76 Å². The van der Waals surface area contributed by atoms with Gasteiger partial charge in [-0.2, -0.15) is 0 Å². The van der Waals surface area contributed by atoms with Crippen LogP contribution in [0.3, 0.4) is 0 Å². The van der Waals surface area contributed by atoms with E-state index in [4.69, 9.17) is 4.74 Å². The number of aryl methyl sites for hydroxylation is 1. The molecule has 8 heteroatoms. The first kappa shape index (κ1) is 17.8. The summed E-state index contributed by atoms with van der Waals surface area (Å²) in [6.07, 6.45) is 0. The lowest BCUT2D eigenvalue weighted by atomic mass is 10.2. The van der Waals surface area contributed by atoms with Crippen molar-refractivity contribution in [2.75, 3.05) is 13.7 Å². The Hall–Kier alpha value is -2.55. The standard InChI is InChI=1S/C19H20N4O3S/c1-14-3-9-17(10-4-14)27(24,25)22-11-12-23-18(13-22)20-21-19(23)15-5-7-16(26-2)8-6-15/h3-10H,11-13H2,1-2H3. The van der Waals surface area contributed by atoms with E-state index >= 15 is 0 Å². The molecule has 3 aromatic rings. The number of rotatable bonds is 4. The van der Waals surface area contributed by atoms with Crippen molar-refractivity contribution in [3.63, 3.8) is 0 Å². The summed E-state index contributed by atoms with van der Waals surface area (Å²) < 4.78 is 34.4. The first-order valence-corrected chi connectivity index (χ1v) is 10.1. The molecule has 7 nitrogen and oxygen atoms in total. The Bertz CT molecular complexity index is 999. The first-order chi connectivity index (χ1) is 13.0. The lowest BCUT2D eigenvalue weighted by molar-refractivity contribution is 0.302. The Morgan fingerprint density at radius 1 is 1.04 bits per heavy atom. The van der Waals surface area contributed by atoms with Crippen LogP contribution in [0.5, 0.6) is 5.75 Å². The van der Waals surface area contributed by atoms with Gasteiger partial charge in [0.1, 0.15) is 12.3 Å². The molecule has 0 spiro atoms. The van der Waals surface area contributed by atoms with Crippen LogP contribution in [0.15, 0.2) is 53.4 Å². The van der Waals surface area contributed by atoms with Gasteiger partial charge in [-0.05, 0) is 43.3 Å². The van der Waals surface area contributed by atoms with Crippen LogP contribution in [0.4, 0.5) is 0 Å². The molecule has 1 aliphatic rings. The van der Waals surface area contributed by atoms with Crippen molar-refractivity contribution in [3.8, 4) is 17.1 Å². The van der Waals surface area contributed by atoms with Crippen LogP contribution in [-0.2, 0) is 27.7 Å². The first-order valence-electron chi connectivity index (χ1n) is 8.62. The second-order valence-electron chi connectivity index (χ2n) is 6.47. The maximum absolute atomic E-state index is 12.9. The van der Waals surface area contributed by atoms with Gasteiger partial charge in [0.05, 0.1) is 13.7 Å². The summed E-state index contributed by atoms with van der Waals surface area (Å²) in [5.41, 5.74) is 1.95. The highest BCUT2D eigenvalue weighted by atomic mass is 32.3. The van der Waals surface area contributed by atoms with Crippen molar-refractivity contribution in [1.29, 1.82) is 0 Å². The zero-order valence-corrected chi connectivity index (χ0v) is 16.0. The van der Waals surface area contributed by atoms with Crippen molar-refractivity contribution in [3.05, 3.63) is 59.9 Å². The quantitative estimate of drug-likeness (QED) is 0.646. The monoisotopic (exact) mass is 384 g/mol. The average molecular weight is 384 g/mol. The van der Waals surface area contributed by atoms with Crippen molar-refractivity contribution in [1.82, 2.24) is 19.1 Å². The van der Waals surface area contributed by atoms with Gasteiger partial charge >= 0.3 is 0 Å². The van der Waals surface area contributed by atoms with Crippen molar-refractivity contribution < 1.29 is 13.5 Å². The van der Waals surface area contributed by atoms with Crippen LogP contribution in [0.2, 0.25) is 0 Å². The number of nitrogens with zero attached hydrogens (tertiary/aromatic N) is 4.